The van der Waals surface area contributed by atoms with Gasteiger partial charge in [0.1, 0.15) is 12.1 Å². The third-order valence-corrected chi connectivity index (χ3v) is 5.17. The Balaban J connectivity index is 1.83. The molecule has 0 fully saturated rings. The lowest BCUT2D eigenvalue weighted by Gasteiger charge is -2.11. The monoisotopic (exact) mass is 398 g/mol. The summed E-state index contributed by atoms with van der Waals surface area (Å²) in [6.45, 7) is 3.99. The fourth-order valence-electron chi connectivity index (χ4n) is 2.72. The van der Waals surface area contributed by atoms with Gasteiger partial charge in [-0.2, -0.15) is 0 Å². The Labute approximate surface area is 164 Å². The molecule has 0 atom stereocenters. The van der Waals surface area contributed by atoms with Gasteiger partial charge in [0.05, 0.1) is 10.4 Å². The maximum Gasteiger partial charge on any atom is 0.224 e. The second-order valence-electron chi connectivity index (χ2n) is 7.02. The summed E-state index contributed by atoms with van der Waals surface area (Å²) in [6, 6.07) is 12.0. The van der Waals surface area contributed by atoms with Crippen molar-refractivity contribution < 1.29 is 13.2 Å². The smallest absolute Gasteiger partial charge is 0.224 e. The zero-order chi connectivity index (χ0) is 20.3. The minimum Gasteiger partial charge on any atom is -0.340 e. The SMILES string of the molecule is CC(C)CC(=O)Nc1ccc(Nc2ncnc3ccc(S(C)(=O)=O)cc23)cc1. The molecule has 0 radical (unpaired) electrons. The van der Waals surface area contributed by atoms with E-state index in [0.29, 0.717) is 34.7 Å². The molecule has 0 spiro atoms. The zero-order valence-electron chi connectivity index (χ0n) is 15.9. The average molecular weight is 398 g/mol. The zero-order valence-corrected chi connectivity index (χ0v) is 16.7. The number of hydrogen-bond donors (Lipinski definition) is 2. The predicted molar refractivity (Wildman–Crippen MR) is 110 cm³/mol. The van der Waals surface area contributed by atoms with Gasteiger partial charge in [-0.15, -0.1) is 0 Å². The van der Waals surface area contributed by atoms with E-state index in [4.69, 9.17) is 0 Å². The van der Waals surface area contributed by atoms with E-state index in [9.17, 15) is 13.2 Å². The van der Waals surface area contributed by atoms with Gasteiger partial charge in [0.15, 0.2) is 9.84 Å². The van der Waals surface area contributed by atoms with E-state index in [0.717, 1.165) is 11.9 Å². The number of nitrogens with one attached hydrogen (secondary N) is 2. The van der Waals surface area contributed by atoms with Crippen LogP contribution >= 0.6 is 0 Å². The number of sulfone groups is 1. The van der Waals surface area contributed by atoms with Crippen LogP contribution in [0.5, 0.6) is 0 Å². The molecule has 2 aromatic carbocycles. The summed E-state index contributed by atoms with van der Waals surface area (Å²) < 4.78 is 23.7. The Bertz CT molecular complexity index is 1110. The maximum absolute atomic E-state index is 11.9. The van der Waals surface area contributed by atoms with Crippen LogP contribution in [0.2, 0.25) is 0 Å². The molecule has 7 nitrogen and oxygen atoms in total. The molecular formula is C20H22N4O3S. The average Bonchev–Trinajstić information content (AvgIpc) is 2.62. The highest BCUT2D eigenvalue weighted by molar-refractivity contribution is 7.90. The normalized spacial score (nSPS) is 11.6. The van der Waals surface area contributed by atoms with Gasteiger partial charge >= 0.3 is 0 Å². The van der Waals surface area contributed by atoms with Crippen molar-refractivity contribution in [1.29, 1.82) is 0 Å². The van der Waals surface area contributed by atoms with Crippen molar-refractivity contribution in [2.45, 2.75) is 25.2 Å². The molecule has 0 aliphatic heterocycles. The number of anilines is 3. The Morgan fingerprint density at radius 2 is 1.71 bits per heavy atom. The highest BCUT2D eigenvalue weighted by Crippen LogP contribution is 2.26. The van der Waals surface area contributed by atoms with Crippen molar-refractivity contribution >= 4 is 43.8 Å². The molecule has 3 rings (SSSR count). The first kappa shape index (κ1) is 19.8. The van der Waals surface area contributed by atoms with Gasteiger partial charge in [0.25, 0.3) is 0 Å². The van der Waals surface area contributed by atoms with Crippen molar-refractivity contribution in [2.24, 2.45) is 5.92 Å². The third-order valence-electron chi connectivity index (χ3n) is 4.06. The standard InChI is InChI=1S/C20H22N4O3S/c1-13(2)10-19(25)23-14-4-6-15(7-5-14)24-20-17-11-16(28(3,26)27)8-9-18(17)21-12-22-20/h4-9,11-13H,10H2,1-3H3,(H,23,25)(H,21,22,24). The van der Waals surface area contributed by atoms with Crippen LogP contribution in [0.3, 0.4) is 0 Å². The van der Waals surface area contributed by atoms with Gasteiger partial charge in [0.2, 0.25) is 5.91 Å². The first-order valence-electron chi connectivity index (χ1n) is 8.84. The summed E-state index contributed by atoms with van der Waals surface area (Å²) in [5.74, 6) is 0.779. The lowest BCUT2D eigenvalue weighted by atomic mass is 10.1. The van der Waals surface area contributed by atoms with Crippen LogP contribution in [0.1, 0.15) is 20.3 Å². The number of nitrogens with zero attached hydrogens (tertiary/aromatic N) is 2. The molecule has 3 aromatic rings. The Hall–Kier alpha value is -3.00. The number of aromatic nitrogens is 2. The largest absolute Gasteiger partial charge is 0.340 e. The van der Waals surface area contributed by atoms with E-state index >= 15 is 0 Å². The van der Waals surface area contributed by atoms with Crippen LogP contribution in [-0.2, 0) is 14.6 Å². The van der Waals surface area contributed by atoms with Crippen LogP contribution in [-0.4, -0.2) is 30.5 Å². The minimum atomic E-state index is -3.33. The molecule has 0 aliphatic rings. The Kier molecular flexibility index (Phi) is 5.60. The van der Waals surface area contributed by atoms with Crippen molar-refractivity contribution in [3.05, 3.63) is 48.8 Å². The number of rotatable bonds is 6. The second-order valence-corrected chi connectivity index (χ2v) is 9.04. The number of fused-ring (bicyclic) bond motifs is 1. The van der Waals surface area contributed by atoms with Crippen molar-refractivity contribution in [2.75, 3.05) is 16.9 Å². The van der Waals surface area contributed by atoms with Crippen molar-refractivity contribution in [3.8, 4) is 0 Å². The molecule has 1 heterocycles. The maximum atomic E-state index is 11.9. The lowest BCUT2D eigenvalue weighted by Crippen LogP contribution is -2.13. The fourth-order valence-corrected chi connectivity index (χ4v) is 3.37. The van der Waals surface area contributed by atoms with E-state index < -0.39 is 9.84 Å². The minimum absolute atomic E-state index is 0.0224. The molecule has 2 N–H and O–H groups in total. The van der Waals surface area contributed by atoms with E-state index in [1.807, 2.05) is 26.0 Å². The summed E-state index contributed by atoms with van der Waals surface area (Å²) >= 11 is 0. The summed E-state index contributed by atoms with van der Waals surface area (Å²) in [7, 11) is -3.33. The first-order valence-corrected chi connectivity index (χ1v) is 10.7. The lowest BCUT2D eigenvalue weighted by molar-refractivity contribution is -0.116. The Morgan fingerprint density at radius 3 is 2.36 bits per heavy atom. The molecule has 0 aliphatic carbocycles. The topological polar surface area (TPSA) is 101 Å². The van der Waals surface area contributed by atoms with E-state index in [1.165, 1.54) is 12.4 Å². The summed E-state index contributed by atoms with van der Waals surface area (Å²) in [5.41, 5.74) is 2.11. The van der Waals surface area contributed by atoms with Crippen LogP contribution in [0.25, 0.3) is 10.9 Å². The molecule has 146 valence electrons. The number of carbonyl (C=O) groups is 1. The van der Waals surface area contributed by atoms with Gasteiger partial charge in [-0.25, -0.2) is 18.4 Å². The van der Waals surface area contributed by atoms with Gasteiger partial charge in [-0.3, -0.25) is 4.79 Å². The van der Waals surface area contributed by atoms with Gasteiger partial charge in [-0.05, 0) is 48.4 Å². The van der Waals surface area contributed by atoms with E-state index in [-0.39, 0.29) is 10.8 Å². The molecular weight excluding hydrogens is 376 g/mol. The molecule has 28 heavy (non-hydrogen) atoms. The van der Waals surface area contributed by atoms with Crippen LogP contribution in [0.15, 0.2) is 53.7 Å². The van der Waals surface area contributed by atoms with Gasteiger partial charge < -0.3 is 10.6 Å². The highest BCUT2D eigenvalue weighted by Gasteiger charge is 2.11. The number of carbonyl (C=O) groups excluding carboxylic acids is 1. The quantitative estimate of drug-likeness (QED) is 0.656. The number of hydrogen-bond acceptors (Lipinski definition) is 6. The van der Waals surface area contributed by atoms with Crippen LogP contribution in [0.4, 0.5) is 17.2 Å². The molecule has 0 bridgehead atoms. The summed E-state index contributed by atoms with van der Waals surface area (Å²) in [5, 5.41) is 6.65. The highest BCUT2D eigenvalue weighted by atomic mass is 32.2. The van der Waals surface area contributed by atoms with Crippen LogP contribution in [0, 0.1) is 5.92 Å². The fraction of sp³-hybridized carbons (Fsp3) is 0.250. The molecule has 1 amide bonds. The molecule has 8 heteroatoms. The van der Waals surface area contributed by atoms with E-state index in [1.54, 1.807) is 24.3 Å². The van der Waals surface area contributed by atoms with Crippen molar-refractivity contribution in [1.82, 2.24) is 9.97 Å². The third kappa shape index (κ3) is 4.83. The second kappa shape index (κ2) is 7.93. The summed E-state index contributed by atoms with van der Waals surface area (Å²) in [6.07, 6.45) is 3.05. The molecule has 0 saturated carbocycles. The number of amides is 1. The van der Waals surface area contributed by atoms with Gasteiger partial charge in [0, 0.05) is 29.4 Å². The summed E-state index contributed by atoms with van der Waals surface area (Å²) in [4.78, 5) is 20.5. The van der Waals surface area contributed by atoms with Crippen molar-refractivity contribution in [3.63, 3.8) is 0 Å². The molecule has 0 saturated heterocycles. The first-order chi connectivity index (χ1) is 13.2. The number of benzene rings is 2. The Morgan fingerprint density at radius 1 is 1.04 bits per heavy atom. The molecule has 1 aromatic heterocycles. The predicted octanol–water partition coefficient (Wildman–Crippen LogP) is 3.76. The van der Waals surface area contributed by atoms with Crippen LogP contribution < -0.4 is 10.6 Å². The van der Waals surface area contributed by atoms with Gasteiger partial charge in [-0.1, -0.05) is 13.8 Å². The van der Waals surface area contributed by atoms with E-state index in [2.05, 4.69) is 20.6 Å². The molecule has 0 unspecified atom stereocenters.